The normalized spacial score (nSPS) is 24.4. The van der Waals surface area contributed by atoms with Gasteiger partial charge in [0.25, 0.3) is 0 Å². The van der Waals surface area contributed by atoms with E-state index >= 15 is 0 Å². The van der Waals surface area contributed by atoms with E-state index in [0.29, 0.717) is 6.04 Å². The van der Waals surface area contributed by atoms with Gasteiger partial charge in [-0.25, -0.2) is 0 Å². The molecule has 1 aromatic rings. The van der Waals surface area contributed by atoms with Gasteiger partial charge in [0.15, 0.2) is 0 Å². The highest BCUT2D eigenvalue weighted by molar-refractivity contribution is 7.10. The van der Waals surface area contributed by atoms with Gasteiger partial charge in [0, 0.05) is 29.5 Å². The number of fused-ring (bicyclic) bond motifs is 1. The van der Waals surface area contributed by atoms with Crippen LogP contribution in [0.3, 0.4) is 0 Å². The molecule has 0 bridgehead atoms. The predicted molar refractivity (Wildman–Crippen MR) is 75.5 cm³/mol. The summed E-state index contributed by atoms with van der Waals surface area (Å²) in [6.07, 6.45) is 3.58. The van der Waals surface area contributed by atoms with E-state index in [9.17, 15) is 0 Å². The molecule has 2 atom stereocenters. The van der Waals surface area contributed by atoms with E-state index in [2.05, 4.69) is 37.1 Å². The Bertz CT molecular complexity index is 374. The molecule has 0 saturated heterocycles. The van der Waals surface area contributed by atoms with Gasteiger partial charge in [-0.15, -0.1) is 11.3 Å². The Kier molecular flexibility index (Phi) is 3.91. The van der Waals surface area contributed by atoms with Gasteiger partial charge >= 0.3 is 0 Å². The minimum atomic E-state index is 0.161. The van der Waals surface area contributed by atoms with Crippen LogP contribution in [0.1, 0.15) is 50.1 Å². The van der Waals surface area contributed by atoms with E-state index < -0.39 is 0 Å². The van der Waals surface area contributed by atoms with Gasteiger partial charge in [0.1, 0.15) is 0 Å². The van der Waals surface area contributed by atoms with Crippen LogP contribution in [-0.4, -0.2) is 23.5 Å². The van der Waals surface area contributed by atoms with Crippen molar-refractivity contribution in [2.24, 2.45) is 5.73 Å². The van der Waals surface area contributed by atoms with Crippen LogP contribution in [0, 0.1) is 0 Å². The molecule has 1 aromatic heterocycles. The predicted octanol–water partition coefficient (Wildman–Crippen LogP) is 3.18. The molecule has 0 saturated carbocycles. The van der Waals surface area contributed by atoms with Crippen LogP contribution < -0.4 is 5.73 Å². The minimum absolute atomic E-state index is 0.161. The van der Waals surface area contributed by atoms with Crippen LogP contribution in [-0.2, 0) is 6.42 Å². The molecule has 2 rings (SSSR count). The van der Waals surface area contributed by atoms with Crippen LogP contribution >= 0.6 is 11.3 Å². The second-order valence-corrected chi connectivity index (χ2v) is 6.37. The Labute approximate surface area is 109 Å². The van der Waals surface area contributed by atoms with Crippen LogP contribution in [0.5, 0.6) is 0 Å². The smallest absolute Gasteiger partial charge is 0.0336 e. The molecule has 1 aliphatic rings. The molecule has 2 nitrogen and oxygen atoms in total. The van der Waals surface area contributed by atoms with E-state index in [1.54, 1.807) is 4.88 Å². The minimum Gasteiger partial charge on any atom is -0.329 e. The molecule has 2 N–H and O–H groups in total. The first-order valence-electron chi connectivity index (χ1n) is 6.65. The maximum atomic E-state index is 6.04. The van der Waals surface area contributed by atoms with Crippen molar-refractivity contribution in [1.82, 2.24) is 4.90 Å². The van der Waals surface area contributed by atoms with Gasteiger partial charge < -0.3 is 5.73 Å². The maximum absolute atomic E-state index is 6.04. The van der Waals surface area contributed by atoms with Gasteiger partial charge in [-0.1, -0.05) is 13.3 Å². The first kappa shape index (κ1) is 13.1. The number of nitrogens with zero attached hydrogens (tertiary/aromatic N) is 1. The largest absolute Gasteiger partial charge is 0.329 e. The average molecular weight is 252 g/mol. The van der Waals surface area contributed by atoms with Crippen molar-refractivity contribution in [1.29, 1.82) is 0 Å². The molecule has 96 valence electrons. The molecule has 17 heavy (non-hydrogen) atoms. The molecule has 1 aliphatic heterocycles. The summed E-state index contributed by atoms with van der Waals surface area (Å²) >= 11 is 1.90. The fraction of sp³-hybridized carbons (Fsp3) is 0.714. The lowest BCUT2D eigenvalue weighted by atomic mass is 9.88. The highest BCUT2D eigenvalue weighted by atomic mass is 32.1. The van der Waals surface area contributed by atoms with E-state index in [-0.39, 0.29) is 5.54 Å². The Morgan fingerprint density at radius 2 is 2.35 bits per heavy atom. The number of hydrogen-bond donors (Lipinski definition) is 1. The van der Waals surface area contributed by atoms with E-state index in [1.165, 1.54) is 24.8 Å². The summed E-state index contributed by atoms with van der Waals surface area (Å²) in [5, 5.41) is 2.23. The third-order valence-electron chi connectivity index (χ3n) is 4.20. The lowest BCUT2D eigenvalue weighted by molar-refractivity contribution is 0.0539. The zero-order valence-corrected chi connectivity index (χ0v) is 12.0. The summed E-state index contributed by atoms with van der Waals surface area (Å²) < 4.78 is 0. The SMILES string of the molecule is CCCC(C)(CN)N1CCc2sccc2C1C. The molecular formula is C14H24N2S. The monoisotopic (exact) mass is 252 g/mol. The van der Waals surface area contributed by atoms with Crippen molar-refractivity contribution < 1.29 is 0 Å². The highest BCUT2D eigenvalue weighted by Crippen LogP contribution is 2.38. The second-order valence-electron chi connectivity index (χ2n) is 5.37. The van der Waals surface area contributed by atoms with Gasteiger partial charge in [0.2, 0.25) is 0 Å². The van der Waals surface area contributed by atoms with Crippen LogP contribution in [0.25, 0.3) is 0 Å². The molecule has 2 heterocycles. The van der Waals surface area contributed by atoms with Gasteiger partial charge in [-0.3, -0.25) is 4.90 Å². The molecule has 0 aromatic carbocycles. The fourth-order valence-corrected chi connectivity index (χ4v) is 4.11. The number of thiophene rings is 1. The summed E-state index contributed by atoms with van der Waals surface area (Å²) in [7, 11) is 0. The molecular weight excluding hydrogens is 228 g/mol. The second kappa shape index (κ2) is 5.09. The molecule has 0 aliphatic carbocycles. The van der Waals surface area contributed by atoms with Crippen molar-refractivity contribution in [2.45, 2.75) is 51.6 Å². The maximum Gasteiger partial charge on any atom is 0.0336 e. The summed E-state index contributed by atoms with van der Waals surface area (Å²) in [6, 6.07) is 2.81. The van der Waals surface area contributed by atoms with Crippen molar-refractivity contribution in [3.8, 4) is 0 Å². The third kappa shape index (κ3) is 2.28. The Hall–Kier alpha value is -0.380. The first-order chi connectivity index (χ1) is 8.12. The van der Waals surface area contributed by atoms with Crippen molar-refractivity contribution in [3.05, 3.63) is 21.9 Å². The summed E-state index contributed by atoms with van der Waals surface area (Å²) in [5.41, 5.74) is 7.73. The van der Waals surface area contributed by atoms with Gasteiger partial charge in [-0.05, 0) is 43.7 Å². The molecule has 0 radical (unpaired) electrons. The van der Waals surface area contributed by atoms with Gasteiger partial charge in [-0.2, -0.15) is 0 Å². The van der Waals surface area contributed by atoms with Crippen LogP contribution in [0.15, 0.2) is 11.4 Å². The first-order valence-corrected chi connectivity index (χ1v) is 7.53. The third-order valence-corrected chi connectivity index (χ3v) is 5.20. The molecule has 2 unspecified atom stereocenters. The Balaban J connectivity index is 2.24. The fourth-order valence-electron chi connectivity index (χ4n) is 3.15. The summed E-state index contributed by atoms with van der Waals surface area (Å²) in [6.45, 7) is 8.81. The molecule has 3 heteroatoms. The van der Waals surface area contributed by atoms with Crippen LogP contribution in [0.2, 0.25) is 0 Å². The Morgan fingerprint density at radius 3 is 3.00 bits per heavy atom. The van der Waals surface area contributed by atoms with Crippen molar-refractivity contribution in [2.75, 3.05) is 13.1 Å². The zero-order chi connectivity index (χ0) is 12.5. The molecule has 0 spiro atoms. The van der Waals surface area contributed by atoms with E-state index in [0.717, 1.165) is 13.1 Å². The van der Waals surface area contributed by atoms with Crippen molar-refractivity contribution in [3.63, 3.8) is 0 Å². The number of rotatable bonds is 4. The molecule has 0 amide bonds. The quantitative estimate of drug-likeness (QED) is 0.891. The summed E-state index contributed by atoms with van der Waals surface area (Å²) in [5.74, 6) is 0. The zero-order valence-electron chi connectivity index (χ0n) is 11.2. The average Bonchev–Trinajstić information content (AvgIpc) is 2.78. The Morgan fingerprint density at radius 1 is 1.59 bits per heavy atom. The number of nitrogens with two attached hydrogens (primary N) is 1. The summed E-state index contributed by atoms with van der Waals surface area (Å²) in [4.78, 5) is 4.19. The molecule has 0 fully saturated rings. The number of hydrogen-bond acceptors (Lipinski definition) is 3. The van der Waals surface area contributed by atoms with Crippen LogP contribution in [0.4, 0.5) is 0 Å². The topological polar surface area (TPSA) is 29.3 Å². The lowest BCUT2D eigenvalue weighted by Crippen LogP contribution is -2.54. The van der Waals surface area contributed by atoms with E-state index in [4.69, 9.17) is 5.73 Å². The van der Waals surface area contributed by atoms with Crippen molar-refractivity contribution >= 4 is 11.3 Å². The highest BCUT2D eigenvalue weighted by Gasteiger charge is 2.36. The standard InChI is InChI=1S/C14H24N2S/c1-4-7-14(3,10-15)16-8-5-13-12(11(16)2)6-9-17-13/h6,9,11H,4-5,7-8,10,15H2,1-3H3. The lowest BCUT2D eigenvalue weighted by Gasteiger charge is -2.46. The van der Waals surface area contributed by atoms with Gasteiger partial charge in [0.05, 0.1) is 0 Å². The van der Waals surface area contributed by atoms with E-state index in [1.807, 2.05) is 11.3 Å².